The monoisotopic (exact) mass is 582 g/mol. The van der Waals surface area contributed by atoms with E-state index in [1.807, 2.05) is 86.6 Å². The number of ketones is 1. The minimum Gasteiger partial charge on any atom is -0.310 e. The highest BCUT2D eigenvalue weighted by Crippen LogP contribution is 2.25. The second-order valence-corrected chi connectivity index (χ2v) is 9.46. The van der Waals surface area contributed by atoms with Crippen LogP contribution < -0.4 is 5.32 Å². The zero-order chi connectivity index (χ0) is 26.1. The van der Waals surface area contributed by atoms with E-state index >= 15 is 0 Å². The van der Waals surface area contributed by atoms with Crippen LogP contribution in [0.1, 0.15) is 17.0 Å². The number of carbonyl (C=O) groups is 2. The van der Waals surface area contributed by atoms with Gasteiger partial charge in [0.05, 0.1) is 22.8 Å². The number of benzene rings is 2. The number of aromatic nitrogens is 3. The van der Waals surface area contributed by atoms with E-state index in [1.165, 1.54) is 5.56 Å². The molecule has 0 unspecified atom stereocenters. The molecule has 2 aromatic heterocycles. The van der Waals surface area contributed by atoms with E-state index in [0.717, 1.165) is 32.8 Å². The summed E-state index contributed by atoms with van der Waals surface area (Å²) in [5.41, 5.74) is 5.61. The highest BCUT2D eigenvalue weighted by atomic mass is 79.9. The average molecular weight is 584 g/mol. The molecule has 186 valence electrons. The summed E-state index contributed by atoms with van der Waals surface area (Å²) in [6, 6.07) is 23.5. The summed E-state index contributed by atoms with van der Waals surface area (Å²) in [6.07, 6.45) is 0.373. The van der Waals surface area contributed by atoms with Crippen LogP contribution in [0, 0.1) is 13.8 Å². The summed E-state index contributed by atoms with van der Waals surface area (Å²) < 4.78 is 2.70. The van der Waals surface area contributed by atoms with Crippen molar-refractivity contribution in [2.75, 3.05) is 16.8 Å². The Labute approximate surface area is 230 Å². The molecule has 1 N–H and O–H groups in total. The number of rotatable bonds is 7. The second-order valence-electron chi connectivity index (χ2n) is 7.98. The third-order valence-electron chi connectivity index (χ3n) is 5.10. The van der Waals surface area contributed by atoms with Crippen LogP contribution in [0.25, 0.3) is 16.9 Å². The number of hydrogen-bond acceptors (Lipinski definition) is 6. The van der Waals surface area contributed by atoms with E-state index in [1.54, 1.807) is 4.68 Å². The van der Waals surface area contributed by atoms with E-state index in [-0.39, 0.29) is 23.2 Å². The van der Waals surface area contributed by atoms with Crippen LogP contribution in [0.3, 0.4) is 0 Å². The number of pyridine rings is 1. The van der Waals surface area contributed by atoms with E-state index in [2.05, 4.69) is 56.6 Å². The van der Waals surface area contributed by atoms with Gasteiger partial charge in [0.15, 0.2) is 0 Å². The summed E-state index contributed by atoms with van der Waals surface area (Å²) in [5.74, 6) is 0.959. The number of aryl methyl sites for hydroxylation is 2. The molecule has 0 saturated heterocycles. The highest BCUT2D eigenvalue weighted by molar-refractivity contribution is 9.10. The Bertz CT molecular complexity index is 1330. The SMILES string of the molecule is Cc1ccc(-c2cc(NC(=O)CS)n(-c3ccccc3)n2)cc1.Cc1nc(CC(=O)CS)ccc1Br. The normalized spacial score (nSPS) is 10.4. The maximum absolute atomic E-state index is 11.7. The van der Waals surface area contributed by atoms with Crippen molar-refractivity contribution in [3.63, 3.8) is 0 Å². The quantitative estimate of drug-likeness (QED) is 0.237. The lowest BCUT2D eigenvalue weighted by atomic mass is 10.1. The van der Waals surface area contributed by atoms with Crippen LogP contribution in [0.4, 0.5) is 5.82 Å². The standard InChI is InChI=1S/C18H17N3OS.C9H10BrNOS/c1-13-7-9-14(10-8-13)16-11-17(19-18(22)12-23)21(20-16)15-5-3-2-4-6-15;1-6-9(10)3-2-7(11-6)4-8(12)5-13/h2-11,23H,12H2,1H3,(H,19,22);2-3,13H,4-5H2,1H3. The fourth-order valence-electron chi connectivity index (χ4n) is 3.24. The molecule has 0 aliphatic heterocycles. The van der Waals surface area contributed by atoms with Crippen molar-refractivity contribution in [1.82, 2.24) is 14.8 Å². The fraction of sp³-hybridized carbons (Fsp3) is 0.185. The summed E-state index contributed by atoms with van der Waals surface area (Å²) in [7, 11) is 0. The van der Waals surface area contributed by atoms with Gasteiger partial charge in [0.1, 0.15) is 11.6 Å². The molecule has 0 aliphatic rings. The van der Waals surface area contributed by atoms with Crippen LogP contribution in [-0.4, -0.2) is 38.0 Å². The summed E-state index contributed by atoms with van der Waals surface area (Å²) in [6.45, 7) is 3.95. The van der Waals surface area contributed by atoms with Crippen molar-refractivity contribution in [3.8, 4) is 16.9 Å². The minimum atomic E-state index is -0.166. The fourth-order valence-corrected chi connectivity index (χ4v) is 3.65. The molecule has 4 rings (SSSR count). The van der Waals surface area contributed by atoms with E-state index < -0.39 is 0 Å². The van der Waals surface area contributed by atoms with Gasteiger partial charge in [-0.05, 0) is 54.0 Å². The van der Waals surface area contributed by atoms with Crippen LogP contribution in [0.15, 0.2) is 77.3 Å². The van der Waals surface area contributed by atoms with Crippen LogP contribution in [0.5, 0.6) is 0 Å². The predicted molar refractivity (Wildman–Crippen MR) is 155 cm³/mol. The molecule has 2 heterocycles. The van der Waals surface area contributed by atoms with Gasteiger partial charge in [-0.25, -0.2) is 4.68 Å². The van der Waals surface area contributed by atoms with Gasteiger partial charge in [-0.2, -0.15) is 30.4 Å². The number of thiol groups is 2. The Kier molecular flexibility index (Phi) is 10.3. The molecule has 0 spiro atoms. The maximum atomic E-state index is 11.7. The summed E-state index contributed by atoms with van der Waals surface area (Å²) in [5, 5.41) is 7.49. The van der Waals surface area contributed by atoms with E-state index in [0.29, 0.717) is 12.2 Å². The topological polar surface area (TPSA) is 76.9 Å². The molecule has 2 aromatic carbocycles. The first-order valence-corrected chi connectivity index (χ1v) is 13.2. The lowest BCUT2D eigenvalue weighted by Gasteiger charge is -2.07. The molecular formula is C27H27BrN4O2S2. The van der Waals surface area contributed by atoms with Gasteiger partial charge in [-0.3, -0.25) is 14.6 Å². The van der Waals surface area contributed by atoms with Crippen LogP contribution >= 0.6 is 41.2 Å². The van der Waals surface area contributed by atoms with Crippen LogP contribution in [0.2, 0.25) is 0 Å². The van der Waals surface area contributed by atoms with E-state index in [9.17, 15) is 9.59 Å². The zero-order valence-electron chi connectivity index (χ0n) is 20.0. The van der Waals surface area contributed by atoms with Gasteiger partial charge in [0.2, 0.25) is 5.91 Å². The van der Waals surface area contributed by atoms with Gasteiger partial charge >= 0.3 is 0 Å². The predicted octanol–water partition coefficient (Wildman–Crippen LogP) is 5.91. The molecule has 9 heteroatoms. The number of halogens is 1. The number of para-hydroxylation sites is 1. The number of Topliss-reactive ketones (excluding diaryl/α,β-unsaturated/α-hetero) is 1. The van der Waals surface area contributed by atoms with Gasteiger partial charge in [0.25, 0.3) is 0 Å². The lowest BCUT2D eigenvalue weighted by molar-refractivity contribution is -0.116. The molecule has 0 aliphatic carbocycles. The van der Waals surface area contributed by atoms with Crippen molar-refractivity contribution in [3.05, 3.63) is 94.2 Å². The number of carbonyl (C=O) groups excluding carboxylic acids is 2. The first kappa shape index (κ1) is 27.7. The van der Waals surface area contributed by atoms with Gasteiger partial charge in [0, 0.05) is 34.0 Å². The highest BCUT2D eigenvalue weighted by Gasteiger charge is 2.13. The molecular weight excluding hydrogens is 556 g/mol. The molecule has 36 heavy (non-hydrogen) atoms. The Hall–Kier alpha value is -2.88. The van der Waals surface area contributed by atoms with Gasteiger partial charge in [-0.1, -0.05) is 48.0 Å². The summed E-state index contributed by atoms with van der Waals surface area (Å²) >= 11 is 11.3. The Morgan fingerprint density at radius 2 is 1.64 bits per heavy atom. The number of hydrogen-bond donors (Lipinski definition) is 3. The Morgan fingerprint density at radius 1 is 0.944 bits per heavy atom. The molecule has 0 radical (unpaired) electrons. The first-order valence-electron chi connectivity index (χ1n) is 11.2. The minimum absolute atomic E-state index is 0.0950. The largest absolute Gasteiger partial charge is 0.310 e. The molecule has 0 bridgehead atoms. The number of nitrogens with zero attached hydrogens (tertiary/aromatic N) is 3. The van der Waals surface area contributed by atoms with Crippen LogP contribution in [-0.2, 0) is 16.0 Å². The van der Waals surface area contributed by atoms with Crippen molar-refractivity contribution in [2.24, 2.45) is 0 Å². The average Bonchev–Trinajstić information content (AvgIpc) is 3.31. The van der Waals surface area contributed by atoms with Gasteiger partial charge in [-0.15, -0.1) is 0 Å². The molecule has 4 aromatic rings. The van der Waals surface area contributed by atoms with E-state index in [4.69, 9.17) is 0 Å². The Morgan fingerprint density at radius 3 is 2.25 bits per heavy atom. The van der Waals surface area contributed by atoms with Crippen molar-refractivity contribution < 1.29 is 9.59 Å². The third kappa shape index (κ3) is 7.81. The Balaban J connectivity index is 0.000000236. The number of amides is 1. The number of anilines is 1. The van der Waals surface area contributed by atoms with Crippen molar-refractivity contribution >= 4 is 58.7 Å². The lowest BCUT2D eigenvalue weighted by Crippen LogP contribution is -2.15. The smallest absolute Gasteiger partial charge is 0.235 e. The molecule has 6 nitrogen and oxygen atoms in total. The molecule has 0 saturated carbocycles. The van der Waals surface area contributed by atoms with Crippen molar-refractivity contribution in [2.45, 2.75) is 20.3 Å². The molecule has 0 fully saturated rings. The molecule has 1 amide bonds. The van der Waals surface area contributed by atoms with Crippen molar-refractivity contribution in [1.29, 1.82) is 0 Å². The van der Waals surface area contributed by atoms with Gasteiger partial charge < -0.3 is 5.32 Å². The summed E-state index contributed by atoms with van der Waals surface area (Å²) in [4.78, 5) is 27.0. The molecule has 0 atom stereocenters. The number of nitrogens with one attached hydrogen (secondary N) is 1. The zero-order valence-corrected chi connectivity index (χ0v) is 23.4. The third-order valence-corrected chi connectivity index (χ3v) is 6.58. The second kappa shape index (κ2) is 13.4. The first-order chi connectivity index (χ1) is 17.3. The maximum Gasteiger partial charge on any atom is 0.235 e.